The first kappa shape index (κ1) is 14.9. The number of likely N-dealkylation sites (N-methyl/N-ethyl adjacent to an activating group) is 1. The Labute approximate surface area is 108 Å². The lowest BCUT2D eigenvalue weighted by Gasteiger charge is -2.31. The molecule has 0 aliphatic carbocycles. The molecule has 1 fully saturated rings. The van der Waals surface area contributed by atoms with Crippen LogP contribution in [0.25, 0.3) is 0 Å². The molecule has 3 heteroatoms. The number of nitrogens with zero attached hydrogens (tertiary/aromatic N) is 2. The maximum Gasteiger partial charge on any atom is 0.0215 e. The van der Waals surface area contributed by atoms with E-state index in [0.29, 0.717) is 12.1 Å². The van der Waals surface area contributed by atoms with Gasteiger partial charge in [-0.05, 0) is 59.8 Å². The van der Waals surface area contributed by atoms with Gasteiger partial charge >= 0.3 is 0 Å². The topological polar surface area (TPSA) is 18.5 Å². The summed E-state index contributed by atoms with van der Waals surface area (Å²) in [6.45, 7) is 13.0. The molecular formula is C14H31N3. The Bertz CT molecular complexity index is 190. The third-order valence-corrected chi connectivity index (χ3v) is 4.10. The predicted molar refractivity (Wildman–Crippen MR) is 75.5 cm³/mol. The zero-order valence-corrected chi connectivity index (χ0v) is 12.2. The number of nitrogens with one attached hydrogen (secondary N) is 1. The van der Waals surface area contributed by atoms with E-state index in [1.165, 1.54) is 45.4 Å². The van der Waals surface area contributed by atoms with E-state index in [4.69, 9.17) is 0 Å². The smallest absolute Gasteiger partial charge is 0.0215 e. The van der Waals surface area contributed by atoms with E-state index in [1.54, 1.807) is 0 Å². The molecular weight excluding hydrogens is 210 g/mol. The first-order valence-corrected chi connectivity index (χ1v) is 7.31. The highest BCUT2D eigenvalue weighted by atomic mass is 15.2. The largest absolute Gasteiger partial charge is 0.313 e. The minimum atomic E-state index is 0.582. The number of rotatable bonds is 8. The molecule has 0 saturated carbocycles. The van der Waals surface area contributed by atoms with E-state index in [0.717, 1.165) is 6.54 Å². The van der Waals surface area contributed by atoms with Crippen molar-refractivity contribution >= 4 is 0 Å². The molecule has 0 spiro atoms. The summed E-state index contributed by atoms with van der Waals surface area (Å²) in [7, 11) is 2.25. The van der Waals surface area contributed by atoms with Crippen molar-refractivity contribution in [2.24, 2.45) is 0 Å². The van der Waals surface area contributed by atoms with E-state index >= 15 is 0 Å². The summed E-state index contributed by atoms with van der Waals surface area (Å²) in [4.78, 5) is 5.08. The minimum absolute atomic E-state index is 0.582. The maximum absolute atomic E-state index is 3.59. The third-order valence-electron chi connectivity index (χ3n) is 4.10. The molecule has 0 radical (unpaired) electrons. The molecule has 1 heterocycles. The van der Waals surface area contributed by atoms with Crippen LogP contribution in [0.4, 0.5) is 0 Å². The molecule has 0 bridgehead atoms. The van der Waals surface area contributed by atoms with E-state index < -0.39 is 0 Å². The normalized spacial score (nSPS) is 21.0. The third kappa shape index (κ3) is 5.36. The van der Waals surface area contributed by atoms with Crippen LogP contribution in [0, 0.1) is 0 Å². The van der Waals surface area contributed by atoms with Crippen LogP contribution < -0.4 is 5.32 Å². The second-order valence-corrected chi connectivity index (χ2v) is 5.51. The zero-order chi connectivity index (χ0) is 12.7. The standard InChI is InChI=1S/C14H31N3/c1-5-8-15-13(2)14(3)16(4)11-12-17-9-6-7-10-17/h13-15H,5-12H2,1-4H3. The summed E-state index contributed by atoms with van der Waals surface area (Å²) in [5.41, 5.74) is 0. The van der Waals surface area contributed by atoms with Gasteiger partial charge in [-0.3, -0.25) is 0 Å². The quantitative estimate of drug-likeness (QED) is 0.699. The van der Waals surface area contributed by atoms with Crippen molar-refractivity contribution < 1.29 is 0 Å². The molecule has 3 nitrogen and oxygen atoms in total. The fourth-order valence-corrected chi connectivity index (χ4v) is 2.43. The number of hydrogen-bond acceptors (Lipinski definition) is 3. The van der Waals surface area contributed by atoms with Gasteiger partial charge in [-0.1, -0.05) is 6.92 Å². The molecule has 1 rings (SSSR count). The Hall–Kier alpha value is -0.120. The van der Waals surface area contributed by atoms with Gasteiger partial charge in [0.05, 0.1) is 0 Å². The summed E-state index contributed by atoms with van der Waals surface area (Å²) >= 11 is 0. The van der Waals surface area contributed by atoms with E-state index in [-0.39, 0.29) is 0 Å². The van der Waals surface area contributed by atoms with Crippen LogP contribution in [0.1, 0.15) is 40.0 Å². The van der Waals surface area contributed by atoms with Crippen molar-refractivity contribution in [3.63, 3.8) is 0 Å². The van der Waals surface area contributed by atoms with Gasteiger partial charge in [0.25, 0.3) is 0 Å². The molecule has 17 heavy (non-hydrogen) atoms. The van der Waals surface area contributed by atoms with Gasteiger partial charge in [0.15, 0.2) is 0 Å². The van der Waals surface area contributed by atoms with Crippen molar-refractivity contribution in [1.82, 2.24) is 15.1 Å². The Balaban J connectivity index is 2.17. The van der Waals surface area contributed by atoms with E-state index in [1.807, 2.05) is 0 Å². The molecule has 1 aliphatic heterocycles. The van der Waals surface area contributed by atoms with Gasteiger partial charge in [0.1, 0.15) is 0 Å². The highest BCUT2D eigenvalue weighted by molar-refractivity contribution is 4.77. The molecule has 2 atom stereocenters. The highest BCUT2D eigenvalue weighted by Gasteiger charge is 2.18. The summed E-state index contributed by atoms with van der Waals surface area (Å²) < 4.78 is 0. The maximum atomic E-state index is 3.59. The first-order valence-electron chi connectivity index (χ1n) is 7.31. The summed E-state index contributed by atoms with van der Waals surface area (Å²) in [5, 5.41) is 3.59. The lowest BCUT2D eigenvalue weighted by molar-refractivity contribution is 0.186. The Morgan fingerprint density at radius 3 is 2.47 bits per heavy atom. The van der Waals surface area contributed by atoms with Crippen LogP contribution in [0.3, 0.4) is 0 Å². The number of likely N-dealkylation sites (tertiary alicyclic amines) is 1. The van der Waals surface area contributed by atoms with Crippen LogP contribution in [0.5, 0.6) is 0 Å². The van der Waals surface area contributed by atoms with Crippen LogP contribution in [0.15, 0.2) is 0 Å². The second-order valence-electron chi connectivity index (χ2n) is 5.51. The highest BCUT2D eigenvalue weighted by Crippen LogP contribution is 2.08. The predicted octanol–water partition coefficient (Wildman–Crippen LogP) is 1.79. The molecule has 1 aliphatic rings. The van der Waals surface area contributed by atoms with Gasteiger partial charge in [0.2, 0.25) is 0 Å². The molecule has 1 saturated heterocycles. The molecule has 1 N–H and O–H groups in total. The minimum Gasteiger partial charge on any atom is -0.313 e. The summed E-state index contributed by atoms with van der Waals surface area (Å²) in [5.74, 6) is 0. The molecule has 0 aromatic carbocycles. The molecule has 0 aromatic rings. The summed E-state index contributed by atoms with van der Waals surface area (Å²) in [6.07, 6.45) is 4.01. The van der Waals surface area contributed by atoms with Crippen molar-refractivity contribution in [2.45, 2.75) is 52.1 Å². The Morgan fingerprint density at radius 1 is 1.24 bits per heavy atom. The monoisotopic (exact) mass is 241 g/mol. The van der Waals surface area contributed by atoms with Crippen molar-refractivity contribution in [1.29, 1.82) is 0 Å². The van der Waals surface area contributed by atoms with Crippen LogP contribution in [0.2, 0.25) is 0 Å². The van der Waals surface area contributed by atoms with Gasteiger partial charge in [-0.15, -0.1) is 0 Å². The average Bonchev–Trinajstić information content (AvgIpc) is 2.85. The molecule has 0 aromatic heterocycles. The van der Waals surface area contributed by atoms with E-state index in [9.17, 15) is 0 Å². The van der Waals surface area contributed by atoms with Gasteiger partial charge in [-0.2, -0.15) is 0 Å². The Morgan fingerprint density at radius 2 is 1.88 bits per heavy atom. The first-order chi connectivity index (χ1) is 8.15. The van der Waals surface area contributed by atoms with Crippen LogP contribution >= 0.6 is 0 Å². The fourth-order valence-electron chi connectivity index (χ4n) is 2.43. The van der Waals surface area contributed by atoms with Gasteiger partial charge < -0.3 is 15.1 Å². The lowest BCUT2D eigenvalue weighted by atomic mass is 10.1. The Kier molecular flexibility index (Phi) is 7.09. The SMILES string of the molecule is CCCNC(C)C(C)N(C)CCN1CCCC1. The zero-order valence-electron chi connectivity index (χ0n) is 12.2. The number of hydrogen-bond donors (Lipinski definition) is 1. The van der Waals surface area contributed by atoms with E-state index in [2.05, 4.69) is 42.9 Å². The summed E-state index contributed by atoms with van der Waals surface area (Å²) in [6, 6.07) is 1.20. The van der Waals surface area contributed by atoms with Crippen molar-refractivity contribution in [3.05, 3.63) is 0 Å². The van der Waals surface area contributed by atoms with Gasteiger partial charge in [-0.25, -0.2) is 0 Å². The van der Waals surface area contributed by atoms with Crippen molar-refractivity contribution in [3.8, 4) is 0 Å². The second kappa shape index (κ2) is 8.06. The van der Waals surface area contributed by atoms with Crippen LogP contribution in [-0.2, 0) is 0 Å². The molecule has 102 valence electrons. The molecule has 2 unspecified atom stereocenters. The average molecular weight is 241 g/mol. The fraction of sp³-hybridized carbons (Fsp3) is 1.00. The van der Waals surface area contributed by atoms with Crippen LogP contribution in [-0.4, -0.2) is 61.7 Å². The van der Waals surface area contributed by atoms with Gasteiger partial charge in [0, 0.05) is 25.2 Å². The molecule has 0 amide bonds. The lowest BCUT2D eigenvalue weighted by Crippen LogP contribution is -2.47. The van der Waals surface area contributed by atoms with Crippen molar-refractivity contribution in [2.75, 3.05) is 39.8 Å².